The van der Waals surface area contributed by atoms with Crippen molar-refractivity contribution < 1.29 is 8.94 Å². The lowest BCUT2D eigenvalue weighted by Crippen LogP contribution is -2.46. The minimum absolute atomic E-state index is 0.277. The summed E-state index contributed by atoms with van der Waals surface area (Å²) in [5.41, 5.74) is 2.44. The highest BCUT2D eigenvalue weighted by Crippen LogP contribution is 2.13. The van der Waals surface area contributed by atoms with E-state index in [0.29, 0.717) is 12.1 Å². The molecule has 0 aliphatic carbocycles. The van der Waals surface area contributed by atoms with Crippen molar-refractivity contribution in [2.75, 3.05) is 32.7 Å². The third-order valence-electron chi connectivity index (χ3n) is 4.73. The average molecular weight is 342 g/mol. The minimum Gasteiger partial charge on any atom is -0.408 e. The summed E-state index contributed by atoms with van der Waals surface area (Å²) in [4.78, 5) is 16.8. The molecule has 7 nitrogen and oxygen atoms in total. The van der Waals surface area contributed by atoms with E-state index < -0.39 is 0 Å². The summed E-state index contributed by atoms with van der Waals surface area (Å²) < 4.78 is 12.3. The molecular weight excluding hydrogens is 320 g/mol. The molecule has 2 aromatic heterocycles. The van der Waals surface area contributed by atoms with Gasteiger partial charge in [-0.2, -0.15) is 0 Å². The lowest BCUT2D eigenvalue weighted by molar-refractivity contribution is 0.115. The molecule has 4 rings (SSSR count). The fraction of sp³-hybridized carbons (Fsp3) is 0.444. The van der Waals surface area contributed by atoms with Gasteiger partial charge in [-0.3, -0.25) is 14.4 Å². The van der Waals surface area contributed by atoms with Gasteiger partial charge in [0.2, 0.25) is 0 Å². The first kappa shape index (κ1) is 16.1. The van der Waals surface area contributed by atoms with Crippen molar-refractivity contribution in [3.05, 3.63) is 52.3 Å². The molecule has 0 spiro atoms. The third kappa shape index (κ3) is 3.52. The quantitative estimate of drug-likeness (QED) is 0.703. The second-order valence-corrected chi connectivity index (χ2v) is 6.54. The molecule has 1 aliphatic rings. The van der Waals surface area contributed by atoms with Gasteiger partial charge in [0.1, 0.15) is 0 Å². The molecule has 0 saturated carbocycles. The van der Waals surface area contributed by atoms with Crippen molar-refractivity contribution in [3.8, 4) is 0 Å². The lowest BCUT2D eigenvalue weighted by atomic mass is 10.3. The van der Waals surface area contributed by atoms with Gasteiger partial charge in [-0.25, -0.2) is 4.79 Å². The molecule has 7 heteroatoms. The second-order valence-electron chi connectivity index (χ2n) is 6.54. The highest BCUT2D eigenvalue weighted by Gasteiger charge is 2.19. The molecular formula is C18H22N4O3. The number of fused-ring (bicyclic) bond motifs is 1. The number of para-hydroxylation sites is 2. The summed E-state index contributed by atoms with van der Waals surface area (Å²) in [7, 11) is 0. The van der Waals surface area contributed by atoms with E-state index in [9.17, 15) is 4.79 Å². The zero-order valence-electron chi connectivity index (χ0n) is 14.4. The SMILES string of the molecule is Cc1cc(CN2CCN(CCn3c(=O)oc4ccccc43)CC2)on1. The number of hydrogen-bond acceptors (Lipinski definition) is 6. The standard InChI is InChI=1S/C18H22N4O3/c1-14-12-15(25-19-14)13-21-8-6-20(7-9-21)10-11-22-16-4-2-3-5-17(16)24-18(22)23/h2-5,12H,6-11,13H2,1H3. The van der Waals surface area contributed by atoms with Crippen LogP contribution in [-0.2, 0) is 13.1 Å². The minimum atomic E-state index is -0.277. The Morgan fingerprint density at radius 2 is 1.84 bits per heavy atom. The zero-order valence-corrected chi connectivity index (χ0v) is 14.4. The van der Waals surface area contributed by atoms with Crippen LogP contribution in [0.5, 0.6) is 0 Å². The van der Waals surface area contributed by atoms with Crippen molar-refractivity contribution in [1.82, 2.24) is 19.5 Å². The number of aromatic nitrogens is 2. The smallest absolute Gasteiger partial charge is 0.408 e. The molecule has 0 unspecified atom stereocenters. The number of rotatable bonds is 5. The molecule has 0 atom stereocenters. The first-order chi connectivity index (χ1) is 12.2. The molecule has 0 amide bonds. The molecule has 0 N–H and O–H groups in total. The Bertz CT molecular complexity index is 902. The van der Waals surface area contributed by atoms with Crippen LogP contribution in [0.15, 0.2) is 44.1 Å². The number of piperazine rings is 1. The van der Waals surface area contributed by atoms with Gasteiger partial charge in [0.15, 0.2) is 11.3 Å². The Balaban J connectivity index is 1.31. The van der Waals surface area contributed by atoms with Crippen LogP contribution in [0.1, 0.15) is 11.5 Å². The van der Waals surface area contributed by atoms with Crippen LogP contribution >= 0.6 is 0 Å². The van der Waals surface area contributed by atoms with E-state index in [1.165, 1.54) is 0 Å². The summed E-state index contributed by atoms with van der Waals surface area (Å²) in [6, 6.07) is 9.56. The molecule has 25 heavy (non-hydrogen) atoms. The van der Waals surface area contributed by atoms with E-state index >= 15 is 0 Å². The Labute approximate surface area is 145 Å². The van der Waals surface area contributed by atoms with Crippen LogP contribution in [0.3, 0.4) is 0 Å². The Hall–Kier alpha value is -2.38. The number of benzene rings is 1. The largest absolute Gasteiger partial charge is 0.419 e. The third-order valence-corrected chi connectivity index (χ3v) is 4.73. The van der Waals surface area contributed by atoms with Crippen LogP contribution in [0.2, 0.25) is 0 Å². The molecule has 0 bridgehead atoms. The van der Waals surface area contributed by atoms with Gasteiger partial charge in [0, 0.05) is 45.3 Å². The topological polar surface area (TPSA) is 67.7 Å². The highest BCUT2D eigenvalue weighted by atomic mass is 16.5. The van der Waals surface area contributed by atoms with Gasteiger partial charge in [-0.05, 0) is 19.1 Å². The molecule has 0 radical (unpaired) electrons. The van der Waals surface area contributed by atoms with Gasteiger partial charge >= 0.3 is 5.76 Å². The van der Waals surface area contributed by atoms with E-state index in [1.54, 1.807) is 4.57 Å². The van der Waals surface area contributed by atoms with Gasteiger partial charge in [0.25, 0.3) is 0 Å². The van der Waals surface area contributed by atoms with E-state index in [-0.39, 0.29) is 5.76 Å². The maximum atomic E-state index is 12.0. The summed E-state index contributed by atoms with van der Waals surface area (Å²) in [5.74, 6) is 0.642. The van der Waals surface area contributed by atoms with Crippen molar-refractivity contribution >= 4 is 11.1 Å². The number of aryl methyl sites for hydroxylation is 1. The molecule has 132 valence electrons. The number of oxazole rings is 1. The van der Waals surface area contributed by atoms with Crippen LogP contribution in [0.25, 0.3) is 11.1 Å². The summed E-state index contributed by atoms with van der Waals surface area (Å²) in [6.07, 6.45) is 0. The molecule has 1 fully saturated rings. The normalized spacial score (nSPS) is 16.7. The number of nitrogens with zero attached hydrogens (tertiary/aromatic N) is 4. The van der Waals surface area contributed by atoms with Crippen molar-refractivity contribution in [2.24, 2.45) is 0 Å². The first-order valence-corrected chi connectivity index (χ1v) is 8.64. The van der Waals surface area contributed by atoms with E-state index in [2.05, 4.69) is 15.0 Å². The fourth-order valence-corrected chi connectivity index (χ4v) is 3.35. The maximum Gasteiger partial charge on any atom is 0.419 e. The monoisotopic (exact) mass is 342 g/mol. The van der Waals surface area contributed by atoms with Crippen molar-refractivity contribution in [2.45, 2.75) is 20.0 Å². The zero-order chi connectivity index (χ0) is 17.2. The predicted molar refractivity (Wildman–Crippen MR) is 93.4 cm³/mol. The summed E-state index contributed by atoms with van der Waals surface area (Å²) >= 11 is 0. The average Bonchev–Trinajstić information content (AvgIpc) is 3.16. The van der Waals surface area contributed by atoms with E-state index in [0.717, 1.165) is 56.2 Å². The summed E-state index contributed by atoms with van der Waals surface area (Å²) in [6.45, 7) is 8.18. The van der Waals surface area contributed by atoms with Gasteiger partial charge in [-0.15, -0.1) is 0 Å². The molecule has 1 aromatic carbocycles. The molecule has 1 saturated heterocycles. The highest BCUT2D eigenvalue weighted by molar-refractivity contribution is 5.72. The second kappa shape index (κ2) is 6.85. The molecule has 3 aromatic rings. The Morgan fingerprint density at radius 3 is 2.60 bits per heavy atom. The Kier molecular flexibility index (Phi) is 4.42. The summed E-state index contributed by atoms with van der Waals surface area (Å²) in [5, 5.41) is 3.93. The van der Waals surface area contributed by atoms with Crippen molar-refractivity contribution in [3.63, 3.8) is 0 Å². The number of hydrogen-bond donors (Lipinski definition) is 0. The Morgan fingerprint density at radius 1 is 1.08 bits per heavy atom. The van der Waals surface area contributed by atoms with Crippen LogP contribution in [0, 0.1) is 6.92 Å². The van der Waals surface area contributed by atoms with Gasteiger partial charge in [-0.1, -0.05) is 17.3 Å². The van der Waals surface area contributed by atoms with Crippen LogP contribution < -0.4 is 5.76 Å². The van der Waals surface area contributed by atoms with Gasteiger partial charge < -0.3 is 8.94 Å². The van der Waals surface area contributed by atoms with Gasteiger partial charge in [0.05, 0.1) is 17.8 Å². The molecule has 3 heterocycles. The fourth-order valence-electron chi connectivity index (χ4n) is 3.35. The van der Waals surface area contributed by atoms with Crippen LogP contribution in [-0.4, -0.2) is 52.2 Å². The maximum absolute atomic E-state index is 12.0. The first-order valence-electron chi connectivity index (χ1n) is 8.64. The molecule has 1 aliphatic heterocycles. The van der Waals surface area contributed by atoms with E-state index in [4.69, 9.17) is 8.94 Å². The van der Waals surface area contributed by atoms with Crippen molar-refractivity contribution in [1.29, 1.82) is 0 Å². The predicted octanol–water partition coefficient (Wildman–Crippen LogP) is 1.71. The van der Waals surface area contributed by atoms with E-state index in [1.807, 2.05) is 37.3 Å². The lowest BCUT2D eigenvalue weighted by Gasteiger charge is -2.34. The van der Waals surface area contributed by atoms with Crippen LogP contribution in [0.4, 0.5) is 0 Å².